The number of hydrogen-bond donors (Lipinski definition) is 2. The average Bonchev–Trinajstić information content (AvgIpc) is 2.93. The van der Waals surface area contributed by atoms with Crippen molar-refractivity contribution in [2.45, 2.75) is 69.2 Å². The monoisotopic (exact) mass is 462 g/mol. The van der Waals surface area contributed by atoms with Gasteiger partial charge in [-0.2, -0.15) is 22.3 Å². The van der Waals surface area contributed by atoms with Gasteiger partial charge < -0.3 is 10.2 Å². The van der Waals surface area contributed by atoms with Gasteiger partial charge in [0.05, 0.1) is 0 Å². The van der Waals surface area contributed by atoms with Crippen LogP contribution in [0.5, 0.6) is 0 Å². The van der Waals surface area contributed by atoms with Crippen molar-refractivity contribution in [1.82, 2.24) is 0 Å². The van der Waals surface area contributed by atoms with E-state index in [2.05, 4.69) is 94.5 Å². The molecule has 31 heavy (non-hydrogen) atoms. The van der Waals surface area contributed by atoms with Gasteiger partial charge in [0, 0.05) is 12.2 Å². The second kappa shape index (κ2) is 14.2. The van der Waals surface area contributed by atoms with Gasteiger partial charge in [-0.1, -0.05) is 79.4 Å². The molecule has 170 valence electrons. The van der Waals surface area contributed by atoms with Crippen LogP contribution >= 0.6 is 0 Å². The maximum atomic E-state index is 9.25. The van der Waals surface area contributed by atoms with Gasteiger partial charge in [-0.05, 0) is 0 Å². The van der Waals surface area contributed by atoms with Gasteiger partial charge in [-0.25, -0.2) is 20.7 Å². The molecule has 5 heteroatoms. The predicted octanol–water partition coefficient (Wildman–Crippen LogP) is 6.74. The largest absolute Gasteiger partial charge is 2.00 e. The minimum atomic E-state index is -0.981. The number of carboxylic acids is 2. The minimum absolute atomic E-state index is 0. The maximum absolute atomic E-state index is 9.25. The van der Waals surface area contributed by atoms with E-state index in [-0.39, 0.29) is 32.5 Å². The number of carbonyl (C=O) groups is 2. The van der Waals surface area contributed by atoms with E-state index in [0.29, 0.717) is 0 Å². The second-order valence-corrected chi connectivity index (χ2v) is 8.33. The van der Waals surface area contributed by atoms with Crippen molar-refractivity contribution in [3.8, 4) is 0 Å². The third-order valence-electron chi connectivity index (χ3n) is 5.47. The first kappa shape index (κ1) is 33.7. The van der Waals surface area contributed by atoms with Crippen LogP contribution < -0.4 is 0 Å². The summed E-state index contributed by atoms with van der Waals surface area (Å²) in [5.74, 6) is -1.96. The summed E-state index contributed by atoms with van der Waals surface area (Å²) in [4.78, 5) is 18.5. The molecule has 0 aromatic carbocycles. The molecule has 2 rings (SSSR count). The van der Waals surface area contributed by atoms with Crippen LogP contribution in [0, 0.1) is 23.0 Å². The molecule has 0 unspecified atom stereocenters. The fraction of sp³-hybridized carbons (Fsp3) is 0.462. The van der Waals surface area contributed by atoms with Crippen LogP contribution in [0.4, 0.5) is 0 Å². The molecule has 0 radical (unpaired) electrons. The Hall–Kier alpha value is -1.91. The molecular formula is C26H38O4Ti. The molecular weight excluding hydrogens is 424 g/mol. The van der Waals surface area contributed by atoms with Crippen molar-refractivity contribution in [1.29, 1.82) is 0 Å². The zero-order chi connectivity index (χ0) is 24.4. The van der Waals surface area contributed by atoms with Crippen molar-refractivity contribution in [3.63, 3.8) is 0 Å². The third-order valence-corrected chi connectivity index (χ3v) is 5.47. The van der Waals surface area contributed by atoms with Gasteiger partial charge in [0.15, 0.2) is 0 Å². The molecule has 2 N–H and O–H groups in total. The molecule has 2 aliphatic carbocycles. The summed E-state index contributed by atoms with van der Waals surface area (Å²) in [6.07, 6.45) is 8.54. The molecule has 0 aliphatic heterocycles. The summed E-state index contributed by atoms with van der Waals surface area (Å²) < 4.78 is 0. The van der Waals surface area contributed by atoms with E-state index in [0.717, 1.165) is 12.2 Å². The number of rotatable bonds is 2. The van der Waals surface area contributed by atoms with Crippen LogP contribution in [-0.2, 0) is 31.3 Å². The van der Waals surface area contributed by atoms with Gasteiger partial charge in [-0.15, -0.1) is 13.8 Å². The third kappa shape index (κ3) is 11.9. The Bertz CT molecular complexity index is 735. The Morgan fingerprint density at radius 3 is 0.935 bits per heavy atom. The van der Waals surface area contributed by atoms with E-state index < -0.39 is 11.9 Å². The molecule has 0 spiro atoms. The summed E-state index contributed by atoms with van der Waals surface area (Å²) in [6.45, 7) is 27.8. The predicted molar refractivity (Wildman–Crippen MR) is 125 cm³/mol. The van der Waals surface area contributed by atoms with Crippen LogP contribution in [0.1, 0.15) is 69.2 Å². The second-order valence-electron chi connectivity index (χ2n) is 8.33. The molecule has 4 nitrogen and oxygen atoms in total. The standard InChI is InChI=1S/2C10H15.2C3H4O2.Ti/c2*1-7-6-10(4,5)9(3)8(7)2;2*1-2-3(4)5;/h2*1-5H3;2*2H,1H2,(H,4,5);/q2*-1;;;+2. The Labute approximate surface area is 204 Å². The van der Waals surface area contributed by atoms with Crippen LogP contribution in [0.3, 0.4) is 0 Å². The fourth-order valence-corrected chi connectivity index (χ4v) is 2.81. The fourth-order valence-electron chi connectivity index (χ4n) is 2.81. The minimum Gasteiger partial charge on any atom is -0.478 e. The van der Waals surface area contributed by atoms with Crippen LogP contribution in [0.2, 0.25) is 0 Å². The Balaban J connectivity index is -0.000000353. The molecule has 2 aliphatic rings. The average molecular weight is 462 g/mol. The number of allylic oxidation sites excluding steroid dienone is 8. The maximum Gasteiger partial charge on any atom is 2.00 e. The number of hydrogen-bond acceptors (Lipinski definition) is 2. The van der Waals surface area contributed by atoms with E-state index in [1.807, 2.05) is 0 Å². The molecule has 0 bridgehead atoms. The van der Waals surface area contributed by atoms with E-state index in [4.69, 9.17) is 10.2 Å². The van der Waals surface area contributed by atoms with Gasteiger partial charge in [0.1, 0.15) is 0 Å². The van der Waals surface area contributed by atoms with E-state index in [1.54, 1.807) is 0 Å². The first-order valence-electron chi connectivity index (χ1n) is 9.75. The first-order valence-corrected chi connectivity index (χ1v) is 9.75. The SMILES string of the molecule is C=CC(=O)O.C=CC(=O)O.CC1=[C-]C(C)(C)C(C)=C1C.CC1=[C-]C(C)(C)C(C)=C1C.[Ti+2]. The topological polar surface area (TPSA) is 74.6 Å². The van der Waals surface area contributed by atoms with Crippen LogP contribution in [0.25, 0.3) is 0 Å². The smallest absolute Gasteiger partial charge is 0.478 e. The van der Waals surface area contributed by atoms with Crippen molar-refractivity contribution in [2.24, 2.45) is 10.8 Å². The summed E-state index contributed by atoms with van der Waals surface area (Å²) >= 11 is 0. The molecule has 0 fully saturated rings. The molecule has 0 heterocycles. The normalized spacial score (nSPS) is 17.2. The van der Waals surface area contributed by atoms with Crippen molar-refractivity contribution >= 4 is 11.9 Å². The van der Waals surface area contributed by atoms with Crippen LogP contribution in [-0.4, -0.2) is 22.2 Å². The Morgan fingerprint density at radius 2 is 0.903 bits per heavy atom. The molecule has 0 saturated heterocycles. The summed E-state index contributed by atoms with van der Waals surface area (Å²) in [5, 5.41) is 15.2. The molecule has 0 amide bonds. The number of aliphatic carboxylic acids is 2. The summed E-state index contributed by atoms with van der Waals surface area (Å²) in [7, 11) is 0. The van der Waals surface area contributed by atoms with Crippen LogP contribution in [0.15, 0.2) is 58.7 Å². The van der Waals surface area contributed by atoms with Gasteiger partial charge in [0.2, 0.25) is 0 Å². The van der Waals surface area contributed by atoms with Crippen molar-refractivity contribution < 1.29 is 41.5 Å². The molecule has 0 aromatic rings. The first-order chi connectivity index (χ1) is 13.4. The summed E-state index contributed by atoms with van der Waals surface area (Å²) in [5.41, 5.74) is 8.79. The van der Waals surface area contributed by atoms with Crippen molar-refractivity contribution in [3.05, 3.63) is 70.9 Å². The molecule has 0 aromatic heterocycles. The van der Waals surface area contributed by atoms with E-state index in [9.17, 15) is 9.59 Å². The van der Waals surface area contributed by atoms with Gasteiger partial charge in [0.25, 0.3) is 0 Å². The van der Waals surface area contributed by atoms with Gasteiger partial charge >= 0.3 is 33.7 Å². The number of carboxylic acid groups (broad SMARTS) is 2. The van der Waals surface area contributed by atoms with E-state index in [1.165, 1.54) is 33.4 Å². The Morgan fingerprint density at radius 1 is 0.710 bits per heavy atom. The molecule has 0 atom stereocenters. The summed E-state index contributed by atoms with van der Waals surface area (Å²) in [6, 6.07) is 0. The quantitative estimate of drug-likeness (QED) is 0.271. The zero-order valence-corrected chi connectivity index (χ0v) is 22.3. The Kier molecular flexibility index (Phi) is 15.5. The molecule has 0 saturated carbocycles. The zero-order valence-electron chi connectivity index (χ0n) is 20.8. The van der Waals surface area contributed by atoms with Gasteiger partial charge in [-0.3, -0.25) is 12.2 Å². The van der Waals surface area contributed by atoms with Crippen molar-refractivity contribution in [2.75, 3.05) is 0 Å². The van der Waals surface area contributed by atoms with E-state index >= 15 is 0 Å².